The van der Waals surface area contributed by atoms with Crippen LogP contribution in [-0.2, 0) is 11.8 Å². The number of hydrogen-bond donors (Lipinski definition) is 0. The lowest BCUT2D eigenvalue weighted by Gasteiger charge is -2.16. The van der Waals surface area contributed by atoms with Crippen molar-refractivity contribution in [3.63, 3.8) is 0 Å². The standard InChI is InChI=1S/C21H21ClN4O/c1-13-9-11-14(12-10-13)18-19(17(22)20(27)24(2)3)26-16-8-6-5-7-15(16)25(4)21(26)23-18/h5-12,17H,1-4H3. The highest BCUT2D eigenvalue weighted by atomic mass is 35.5. The number of amides is 1. The fourth-order valence-electron chi connectivity index (χ4n) is 3.43. The fourth-order valence-corrected chi connectivity index (χ4v) is 3.83. The van der Waals surface area contributed by atoms with Crippen LogP contribution in [0.4, 0.5) is 0 Å². The molecule has 0 aliphatic heterocycles. The van der Waals surface area contributed by atoms with Crippen LogP contribution in [0.3, 0.4) is 0 Å². The van der Waals surface area contributed by atoms with Crippen molar-refractivity contribution in [2.45, 2.75) is 12.3 Å². The predicted octanol–water partition coefficient (Wildman–Crippen LogP) is 4.17. The van der Waals surface area contributed by atoms with Crippen LogP contribution in [0.2, 0.25) is 0 Å². The van der Waals surface area contributed by atoms with E-state index in [1.54, 1.807) is 14.1 Å². The molecule has 0 saturated heterocycles. The SMILES string of the molecule is Cc1ccc(-c2nc3n(C)c4ccccc4n3c2C(Cl)C(=O)N(C)C)cc1. The smallest absolute Gasteiger partial charge is 0.246 e. The Bertz CT molecular complexity index is 1150. The Labute approximate surface area is 162 Å². The zero-order chi connectivity index (χ0) is 19.3. The summed E-state index contributed by atoms with van der Waals surface area (Å²) in [7, 11) is 5.40. The zero-order valence-corrected chi connectivity index (χ0v) is 16.5. The van der Waals surface area contributed by atoms with Crippen molar-refractivity contribution in [2.24, 2.45) is 7.05 Å². The molecule has 27 heavy (non-hydrogen) atoms. The summed E-state index contributed by atoms with van der Waals surface area (Å²) in [4.78, 5) is 19.1. The van der Waals surface area contributed by atoms with Gasteiger partial charge in [0, 0.05) is 26.7 Å². The molecule has 6 heteroatoms. The van der Waals surface area contributed by atoms with Gasteiger partial charge in [-0.3, -0.25) is 9.20 Å². The van der Waals surface area contributed by atoms with E-state index in [0.29, 0.717) is 5.69 Å². The number of imidazole rings is 2. The third kappa shape index (κ3) is 2.70. The molecule has 138 valence electrons. The molecule has 1 unspecified atom stereocenters. The van der Waals surface area contributed by atoms with Gasteiger partial charge in [-0.05, 0) is 19.1 Å². The second-order valence-corrected chi connectivity index (χ2v) is 7.43. The Kier molecular flexibility index (Phi) is 4.19. The third-order valence-electron chi connectivity index (χ3n) is 4.90. The molecule has 0 radical (unpaired) electrons. The number of rotatable bonds is 3. The van der Waals surface area contributed by atoms with Gasteiger partial charge in [-0.1, -0.05) is 42.0 Å². The summed E-state index contributed by atoms with van der Waals surface area (Å²) in [6.45, 7) is 2.04. The van der Waals surface area contributed by atoms with Crippen molar-refractivity contribution in [1.29, 1.82) is 0 Å². The molecule has 0 bridgehead atoms. The Hall–Kier alpha value is -2.79. The van der Waals surface area contributed by atoms with Gasteiger partial charge in [-0.2, -0.15) is 0 Å². The number of aryl methyl sites for hydroxylation is 2. The van der Waals surface area contributed by atoms with E-state index >= 15 is 0 Å². The normalized spacial score (nSPS) is 12.6. The van der Waals surface area contributed by atoms with Crippen molar-refractivity contribution >= 4 is 34.3 Å². The van der Waals surface area contributed by atoms with Gasteiger partial charge >= 0.3 is 0 Å². The molecule has 0 aliphatic carbocycles. The number of carbonyl (C=O) groups excluding carboxylic acids is 1. The summed E-state index contributed by atoms with van der Waals surface area (Å²) >= 11 is 6.71. The van der Waals surface area contributed by atoms with Crippen molar-refractivity contribution in [1.82, 2.24) is 18.9 Å². The van der Waals surface area contributed by atoms with E-state index in [-0.39, 0.29) is 5.91 Å². The van der Waals surface area contributed by atoms with Crippen LogP contribution in [0.1, 0.15) is 16.6 Å². The number of likely N-dealkylation sites (N-methyl/N-ethyl adjacent to an activating group) is 1. The number of hydrogen-bond acceptors (Lipinski definition) is 2. The van der Waals surface area contributed by atoms with Gasteiger partial charge in [0.2, 0.25) is 11.7 Å². The number of fused-ring (bicyclic) bond motifs is 3. The molecule has 0 spiro atoms. The van der Waals surface area contributed by atoms with Crippen LogP contribution in [0.5, 0.6) is 0 Å². The monoisotopic (exact) mass is 380 g/mol. The van der Waals surface area contributed by atoms with Crippen LogP contribution in [0, 0.1) is 6.92 Å². The molecule has 5 nitrogen and oxygen atoms in total. The minimum atomic E-state index is -0.836. The van der Waals surface area contributed by atoms with E-state index in [4.69, 9.17) is 16.6 Å². The van der Waals surface area contributed by atoms with Crippen LogP contribution in [0.15, 0.2) is 48.5 Å². The van der Waals surface area contributed by atoms with Crippen LogP contribution < -0.4 is 0 Å². The van der Waals surface area contributed by atoms with Crippen LogP contribution >= 0.6 is 11.6 Å². The molecule has 0 N–H and O–H groups in total. The number of para-hydroxylation sites is 2. The first kappa shape index (κ1) is 17.6. The Morgan fingerprint density at radius 1 is 1.07 bits per heavy atom. The van der Waals surface area contributed by atoms with Gasteiger partial charge in [0.25, 0.3) is 0 Å². The molecule has 4 aromatic rings. The molecule has 1 amide bonds. The van der Waals surface area contributed by atoms with Crippen LogP contribution in [-0.4, -0.2) is 38.9 Å². The molecule has 0 aliphatic rings. The summed E-state index contributed by atoms with van der Waals surface area (Å²) < 4.78 is 4.03. The van der Waals surface area contributed by atoms with Gasteiger partial charge in [-0.15, -0.1) is 11.6 Å². The quantitative estimate of drug-likeness (QED) is 0.500. The van der Waals surface area contributed by atoms with E-state index < -0.39 is 5.38 Å². The fraction of sp³-hybridized carbons (Fsp3) is 0.238. The van der Waals surface area contributed by atoms with Crippen LogP contribution in [0.25, 0.3) is 28.1 Å². The predicted molar refractivity (Wildman–Crippen MR) is 109 cm³/mol. The first-order valence-electron chi connectivity index (χ1n) is 8.78. The van der Waals surface area contributed by atoms with Crippen molar-refractivity contribution in [3.8, 4) is 11.3 Å². The number of alkyl halides is 1. The third-order valence-corrected chi connectivity index (χ3v) is 5.30. The first-order valence-corrected chi connectivity index (χ1v) is 9.22. The lowest BCUT2D eigenvalue weighted by atomic mass is 10.1. The number of benzene rings is 2. The van der Waals surface area contributed by atoms with Crippen molar-refractivity contribution < 1.29 is 4.79 Å². The van der Waals surface area contributed by atoms with E-state index in [0.717, 1.165) is 28.1 Å². The second kappa shape index (κ2) is 6.43. The maximum Gasteiger partial charge on any atom is 0.246 e. The Morgan fingerprint density at radius 2 is 1.70 bits per heavy atom. The minimum Gasteiger partial charge on any atom is -0.347 e. The Morgan fingerprint density at radius 3 is 2.33 bits per heavy atom. The lowest BCUT2D eigenvalue weighted by Crippen LogP contribution is -2.26. The summed E-state index contributed by atoms with van der Waals surface area (Å²) in [5.74, 6) is 0.596. The van der Waals surface area contributed by atoms with Gasteiger partial charge in [0.15, 0.2) is 5.38 Å². The summed E-state index contributed by atoms with van der Waals surface area (Å²) in [6.07, 6.45) is 0. The summed E-state index contributed by atoms with van der Waals surface area (Å²) in [5.41, 5.74) is 5.57. The lowest BCUT2D eigenvalue weighted by molar-refractivity contribution is -0.128. The molecule has 2 heterocycles. The van der Waals surface area contributed by atoms with E-state index in [2.05, 4.69) is 0 Å². The molecule has 0 saturated carbocycles. The van der Waals surface area contributed by atoms with E-state index in [9.17, 15) is 4.79 Å². The zero-order valence-electron chi connectivity index (χ0n) is 15.8. The molecular weight excluding hydrogens is 360 g/mol. The largest absolute Gasteiger partial charge is 0.347 e. The summed E-state index contributed by atoms with van der Waals surface area (Å²) in [5, 5.41) is -0.836. The van der Waals surface area contributed by atoms with Gasteiger partial charge in [0.1, 0.15) is 0 Å². The van der Waals surface area contributed by atoms with Crippen molar-refractivity contribution in [2.75, 3.05) is 14.1 Å². The highest BCUT2D eigenvalue weighted by Gasteiger charge is 2.30. The van der Waals surface area contributed by atoms with E-state index in [1.807, 2.05) is 71.5 Å². The topological polar surface area (TPSA) is 42.5 Å². The van der Waals surface area contributed by atoms with Gasteiger partial charge in [-0.25, -0.2) is 4.98 Å². The Balaban J connectivity index is 2.08. The minimum absolute atomic E-state index is 0.167. The number of aromatic nitrogens is 3. The first-order chi connectivity index (χ1) is 12.9. The molecule has 1 atom stereocenters. The average molecular weight is 381 g/mol. The molecule has 2 aromatic heterocycles. The van der Waals surface area contributed by atoms with E-state index in [1.165, 1.54) is 10.5 Å². The maximum absolute atomic E-state index is 12.7. The van der Waals surface area contributed by atoms with Gasteiger partial charge in [0.05, 0.1) is 22.4 Å². The molecule has 2 aromatic carbocycles. The second-order valence-electron chi connectivity index (χ2n) is 6.99. The number of halogens is 1. The highest BCUT2D eigenvalue weighted by molar-refractivity contribution is 6.31. The van der Waals surface area contributed by atoms with Gasteiger partial charge < -0.3 is 9.47 Å². The molecular formula is C21H21ClN4O. The molecule has 4 rings (SSSR count). The molecule has 0 fully saturated rings. The maximum atomic E-state index is 12.7. The number of carbonyl (C=O) groups is 1. The number of nitrogens with zero attached hydrogens (tertiary/aromatic N) is 4. The summed E-state index contributed by atoms with van der Waals surface area (Å²) in [6, 6.07) is 16.2. The average Bonchev–Trinajstić information content (AvgIpc) is 3.18. The van der Waals surface area contributed by atoms with Crippen molar-refractivity contribution in [3.05, 3.63) is 59.8 Å². The highest BCUT2D eigenvalue weighted by Crippen LogP contribution is 2.36.